The lowest BCUT2D eigenvalue weighted by molar-refractivity contribution is 0.0945. The molecule has 0 aliphatic rings. The van der Waals surface area contributed by atoms with Gasteiger partial charge in [0.2, 0.25) is 0 Å². The Kier molecular flexibility index (Phi) is 3.34. The number of nitrogens with one attached hydrogen (secondary N) is 1. The summed E-state index contributed by atoms with van der Waals surface area (Å²) in [5.74, 6) is -0.354. The van der Waals surface area contributed by atoms with Crippen LogP contribution in [0.5, 0.6) is 0 Å². The number of anilines is 1. The minimum Gasteiger partial charge on any atom is -0.389 e. The third-order valence-electron chi connectivity index (χ3n) is 1.64. The van der Waals surface area contributed by atoms with Crippen LogP contribution < -0.4 is 5.32 Å². The van der Waals surface area contributed by atoms with Gasteiger partial charge in [0.25, 0.3) is 0 Å². The molecule has 0 aliphatic heterocycles. The van der Waals surface area contributed by atoms with E-state index in [4.69, 9.17) is 11.6 Å². The van der Waals surface area contributed by atoms with Crippen LogP contribution in [0, 0.1) is 5.82 Å². The summed E-state index contributed by atoms with van der Waals surface area (Å²) in [5, 5.41) is 12.8. The maximum Gasteiger partial charge on any atom is 0.125 e. The molecular weight excluding hydrogens is 205 g/mol. The number of hydrogen-bond donors (Lipinski definition) is 2. The highest BCUT2D eigenvalue weighted by atomic mass is 35.5. The summed E-state index contributed by atoms with van der Waals surface area (Å²) in [4.78, 5) is 0. The van der Waals surface area contributed by atoms with E-state index in [1.54, 1.807) is 13.8 Å². The Morgan fingerprint density at radius 3 is 2.71 bits per heavy atom. The molecule has 2 N–H and O–H groups in total. The van der Waals surface area contributed by atoms with E-state index in [0.717, 1.165) is 0 Å². The number of aliphatic hydroxyl groups is 1. The smallest absolute Gasteiger partial charge is 0.125 e. The lowest BCUT2D eigenvalue weighted by atomic mass is 10.1. The molecule has 1 aromatic carbocycles. The lowest BCUT2D eigenvalue weighted by Gasteiger charge is -2.19. The van der Waals surface area contributed by atoms with E-state index in [9.17, 15) is 9.50 Å². The van der Waals surface area contributed by atoms with Crippen molar-refractivity contribution in [3.05, 3.63) is 29.0 Å². The molecular formula is C10H13ClFNO. The summed E-state index contributed by atoms with van der Waals surface area (Å²) in [6.07, 6.45) is 0. The van der Waals surface area contributed by atoms with Crippen LogP contribution in [-0.4, -0.2) is 17.3 Å². The Morgan fingerprint density at radius 2 is 2.14 bits per heavy atom. The van der Waals surface area contributed by atoms with E-state index in [-0.39, 0.29) is 5.82 Å². The Hall–Kier alpha value is -0.800. The standard InChI is InChI=1S/C10H13ClFNO/c1-10(2,14)6-13-9-5-7(12)3-4-8(9)11/h3-5,13-14H,6H2,1-2H3. The van der Waals surface area contributed by atoms with Crippen LogP contribution in [0.1, 0.15) is 13.8 Å². The molecule has 1 rings (SSSR count). The van der Waals surface area contributed by atoms with Crippen LogP contribution in [-0.2, 0) is 0 Å². The Balaban J connectivity index is 2.72. The first-order chi connectivity index (χ1) is 6.38. The summed E-state index contributed by atoms with van der Waals surface area (Å²) in [7, 11) is 0. The molecule has 0 aliphatic carbocycles. The maximum atomic E-state index is 12.8. The molecule has 0 spiro atoms. The molecule has 0 bridgehead atoms. The fourth-order valence-corrected chi connectivity index (χ4v) is 1.13. The van der Waals surface area contributed by atoms with Gasteiger partial charge in [-0.15, -0.1) is 0 Å². The molecule has 0 saturated heterocycles. The second kappa shape index (κ2) is 4.15. The van der Waals surface area contributed by atoms with Crippen LogP contribution in [0.3, 0.4) is 0 Å². The summed E-state index contributed by atoms with van der Waals surface area (Å²) >= 11 is 5.81. The molecule has 0 saturated carbocycles. The van der Waals surface area contributed by atoms with Gasteiger partial charge < -0.3 is 10.4 Å². The largest absolute Gasteiger partial charge is 0.389 e. The molecule has 1 aromatic rings. The first kappa shape index (κ1) is 11.3. The highest BCUT2D eigenvalue weighted by Gasteiger charge is 2.12. The molecule has 0 aromatic heterocycles. The highest BCUT2D eigenvalue weighted by molar-refractivity contribution is 6.33. The molecule has 2 nitrogen and oxygen atoms in total. The van der Waals surface area contributed by atoms with E-state index in [0.29, 0.717) is 17.3 Å². The molecule has 0 amide bonds. The van der Waals surface area contributed by atoms with Crippen LogP contribution in [0.15, 0.2) is 18.2 Å². The number of halogens is 2. The second-order valence-corrected chi connectivity index (χ2v) is 4.20. The molecule has 78 valence electrons. The number of hydrogen-bond acceptors (Lipinski definition) is 2. The molecule has 0 unspecified atom stereocenters. The summed E-state index contributed by atoms with van der Waals surface area (Å²) in [6, 6.07) is 4.06. The molecule has 0 fully saturated rings. The zero-order valence-corrected chi connectivity index (χ0v) is 8.90. The average Bonchev–Trinajstić information content (AvgIpc) is 2.05. The summed E-state index contributed by atoms with van der Waals surface area (Å²) < 4.78 is 12.8. The first-order valence-electron chi connectivity index (χ1n) is 4.30. The first-order valence-corrected chi connectivity index (χ1v) is 4.67. The van der Waals surface area contributed by atoms with Crippen molar-refractivity contribution in [1.29, 1.82) is 0 Å². The molecule has 14 heavy (non-hydrogen) atoms. The fraction of sp³-hybridized carbons (Fsp3) is 0.400. The molecule has 4 heteroatoms. The Labute approximate surface area is 87.7 Å². The highest BCUT2D eigenvalue weighted by Crippen LogP contribution is 2.22. The third kappa shape index (κ3) is 3.52. The summed E-state index contributed by atoms with van der Waals surface area (Å²) in [6.45, 7) is 3.64. The van der Waals surface area contributed by atoms with Gasteiger partial charge in [-0.1, -0.05) is 11.6 Å². The van der Waals surface area contributed by atoms with Gasteiger partial charge >= 0.3 is 0 Å². The quantitative estimate of drug-likeness (QED) is 0.816. The van der Waals surface area contributed by atoms with Crippen molar-refractivity contribution in [2.75, 3.05) is 11.9 Å². The van der Waals surface area contributed by atoms with Gasteiger partial charge in [-0.05, 0) is 32.0 Å². The van der Waals surface area contributed by atoms with Gasteiger partial charge in [0.05, 0.1) is 16.3 Å². The van der Waals surface area contributed by atoms with E-state index in [1.807, 2.05) is 0 Å². The van der Waals surface area contributed by atoms with Crippen molar-refractivity contribution in [1.82, 2.24) is 0 Å². The van der Waals surface area contributed by atoms with Gasteiger partial charge in [-0.25, -0.2) is 4.39 Å². The van der Waals surface area contributed by atoms with Gasteiger partial charge in [0.1, 0.15) is 5.82 Å². The minimum atomic E-state index is -0.852. The maximum absolute atomic E-state index is 12.8. The van der Waals surface area contributed by atoms with E-state index < -0.39 is 5.60 Å². The average molecular weight is 218 g/mol. The minimum absolute atomic E-state index is 0.316. The number of benzene rings is 1. The van der Waals surface area contributed by atoms with E-state index in [1.165, 1.54) is 18.2 Å². The predicted molar refractivity (Wildman–Crippen MR) is 56.2 cm³/mol. The molecule has 0 heterocycles. The van der Waals surface area contributed by atoms with Crippen LogP contribution in [0.2, 0.25) is 5.02 Å². The Bertz CT molecular complexity index is 322. The van der Waals surface area contributed by atoms with Crippen LogP contribution >= 0.6 is 11.6 Å². The van der Waals surface area contributed by atoms with Crippen LogP contribution in [0.4, 0.5) is 10.1 Å². The lowest BCUT2D eigenvalue weighted by Crippen LogP contribution is -2.29. The van der Waals surface area contributed by atoms with Gasteiger partial charge in [0, 0.05) is 6.54 Å². The van der Waals surface area contributed by atoms with Crippen LogP contribution in [0.25, 0.3) is 0 Å². The fourth-order valence-electron chi connectivity index (χ4n) is 0.944. The normalized spacial score (nSPS) is 11.5. The predicted octanol–water partition coefficient (Wildman–Crippen LogP) is 2.66. The Morgan fingerprint density at radius 1 is 1.50 bits per heavy atom. The molecule has 0 atom stereocenters. The summed E-state index contributed by atoms with van der Waals surface area (Å²) in [5.41, 5.74) is -0.357. The molecule has 0 radical (unpaired) electrons. The third-order valence-corrected chi connectivity index (χ3v) is 1.97. The van der Waals surface area contributed by atoms with Crippen molar-refractivity contribution in [3.8, 4) is 0 Å². The van der Waals surface area contributed by atoms with Crippen molar-refractivity contribution in [2.45, 2.75) is 19.4 Å². The van der Waals surface area contributed by atoms with Crippen molar-refractivity contribution >= 4 is 17.3 Å². The monoisotopic (exact) mass is 217 g/mol. The van der Waals surface area contributed by atoms with Gasteiger partial charge in [-0.3, -0.25) is 0 Å². The van der Waals surface area contributed by atoms with Crippen molar-refractivity contribution in [2.24, 2.45) is 0 Å². The van der Waals surface area contributed by atoms with E-state index in [2.05, 4.69) is 5.32 Å². The second-order valence-electron chi connectivity index (χ2n) is 3.79. The SMILES string of the molecule is CC(C)(O)CNc1cc(F)ccc1Cl. The van der Waals surface area contributed by atoms with Gasteiger partial charge in [-0.2, -0.15) is 0 Å². The zero-order chi connectivity index (χ0) is 10.8. The van der Waals surface area contributed by atoms with Gasteiger partial charge in [0.15, 0.2) is 0 Å². The zero-order valence-electron chi connectivity index (χ0n) is 8.14. The number of rotatable bonds is 3. The van der Waals surface area contributed by atoms with E-state index >= 15 is 0 Å². The van der Waals surface area contributed by atoms with Crippen molar-refractivity contribution < 1.29 is 9.50 Å². The van der Waals surface area contributed by atoms with Crippen molar-refractivity contribution in [3.63, 3.8) is 0 Å². The topological polar surface area (TPSA) is 32.3 Å².